The van der Waals surface area contributed by atoms with Crippen LogP contribution in [0.2, 0.25) is 0 Å². The minimum absolute atomic E-state index is 0.258. The van der Waals surface area contributed by atoms with E-state index in [1.165, 1.54) is 39.2 Å². The Balaban J connectivity index is 1.25. The highest BCUT2D eigenvalue weighted by Gasteiger charge is 2.37. The maximum Gasteiger partial charge on any atom is 0.0722 e. The van der Waals surface area contributed by atoms with Gasteiger partial charge < -0.3 is 9.80 Å². The number of hydrogen-bond acceptors (Lipinski definition) is 3. The summed E-state index contributed by atoms with van der Waals surface area (Å²) in [6.45, 7) is 0. The summed E-state index contributed by atoms with van der Waals surface area (Å²) in [5.41, 5.74) is 14.2. The molecular weight excluding hydrogens is 534 g/mol. The quantitative estimate of drug-likeness (QED) is 0.213. The van der Waals surface area contributed by atoms with Gasteiger partial charge >= 0.3 is 0 Å². The molecule has 9 rings (SSSR count). The molecule has 1 aliphatic carbocycles. The van der Waals surface area contributed by atoms with Crippen LogP contribution in [0, 0.1) is 0 Å². The Bertz CT molecular complexity index is 2110. The largest absolute Gasteiger partial charge is 0.333 e. The summed E-state index contributed by atoms with van der Waals surface area (Å²) in [5.74, 6) is 0.351. The minimum atomic E-state index is 0.258. The van der Waals surface area contributed by atoms with Gasteiger partial charge in [0, 0.05) is 45.9 Å². The van der Waals surface area contributed by atoms with Crippen molar-refractivity contribution in [2.75, 3.05) is 9.80 Å². The van der Waals surface area contributed by atoms with Crippen LogP contribution in [0.25, 0.3) is 33.5 Å². The molecule has 2 unspecified atom stereocenters. The third-order valence-electron chi connectivity index (χ3n) is 9.18. The number of aromatic nitrogens is 1. The van der Waals surface area contributed by atoms with Crippen molar-refractivity contribution in [3.05, 3.63) is 170 Å². The van der Waals surface area contributed by atoms with E-state index in [1.54, 1.807) is 0 Å². The third kappa shape index (κ3) is 3.79. The highest BCUT2D eigenvalue weighted by Crippen LogP contribution is 2.53. The van der Waals surface area contributed by atoms with Gasteiger partial charge in [-0.3, -0.25) is 4.98 Å². The number of rotatable bonds is 3. The van der Waals surface area contributed by atoms with Crippen LogP contribution in [0.15, 0.2) is 164 Å². The number of fused-ring (bicyclic) bond motifs is 8. The van der Waals surface area contributed by atoms with Crippen molar-refractivity contribution < 1.29 is 0 Å². The number of hydrogen-bond donors (Lipinski definition) is 0. The SMILES string of the molecule is C1=CC2c3ccccc3N(c3ccc4c(c3)-c3ccccc3N(c3ccnc(-c5ccccc5)c3)c3ccccc3-4)C2C=C1. The van der Waals surface area contributed by atoms with E-state index >= 15 is 0 Å². The van der Waals surface area contributed by atoms with Gasteiger partial charge in [0.2, 0.25) is 0 Å². The van der Waals surface area contributed by atoms with Crippen LogP contribution in [0.3, 0.4) is 0 Å². The zero-order chi connectivity index (χ0) is 29.0. The molecule has 0 radical (unpaired) electrons. The first-order valence-corrected chi connectivity index (χ1v) is 15.2. The van der Waals surface area contributed by atoms with Crippen LogP contribution in [0.5, 0.6) is 0 Å². The summed E-state index contributed by atoms with van der Waals surface area (Å²) in [6, 6.07) is 48.4. The van der Waals surface area contributed by atoms with Crippen LogP contribution in [-0.2, 0) is 0 Å². The summed E-state index contributed by atoms with van der Waals surface area (Å²) < 4.78 is 0. The molecule has 2 aliphatic heterocycles. The molecule has 3 nitrogen and oxygen atoms in total. The van der Waals surface area contributed by atoms with E-state index in [1.807, 2.05) is 12.3 Å². The van der Waals surface area contributed by atoms with Crippen molar-refractivity contribution in [2.24, 2.45) is 0 Å². The molecule has 6 aromatic rings. The lowest BCUT2D eigenvalue weighted by Gasteiger charge is -2.29. The minimum Gasteiger partial charge on any atom is -0.333 e. The molecule has 0 saturated carbocycles. The Morgan fingerprint density at radius 2 is 1.18 bits per heavy atom. The molecule has 0 N–H and O–H groups in total. The fourth-order valence-electron chi connectivity index (χ4n) is 7.26. The standard InChI is InChI=1S/C41H29N3/c1-2-12-28(13-3-1)37-27-30(24-25-42-37)44-38-18-8-4-14-32(38)31-23-22-29(26-36(31)35-17-7-11-21-41(35)44)43-39-19-9-5-15-33(39)34-16-6-10-20-40(34)43/h1-27,33,39H. The van der Waals surface area contributed by atoms with Gasteiger partial charge in [0.15, 0.2) is 0 Å². The first-order valence-electron chi connectivity index (χ1n) is 15.2. The molecule has 0 bridgehead atoms. The maximum atomic E-state index is 4.74. The first-order chi connectivity index (χ1) is 21.8. The number of allylic oxidation sites excluding steroid dienone is 2. The average molecular weight is 564 g/mol. The lowest BCUT2D eigenvalue weighted by Crippen LogP contribution is -2.28. The van der Waals surface area contributed by atoms with Gasteiger partial charge in [0.25, 0.3) is 0 Å². The van der Waals surface area contributed by atoms with Gasteiger partial charge in [-0.1, -0.05) is 115 Å². The summed E-state index contributed by atoms with van der Waals surface area (Å²) in [4.78, 5) is 9.66. The molecule has 0 saturated heterocycles. The summed E-state index contributed by atoms with van der Waals surface area (Å²) in [7, 11) is 0. The lowest BCUT2D eigenvalue weighted by molar-refractivity contribution is 0.745. The Morgan fingerprint density at radius 3 is 2.00 bits per heavy atom. The van der Waals surface area contributed by atoms with E-state index in [2.05, 4.69) is 161 Å². The molecule has 3 heteroatoms. The van der Waals surface area contributed by atoms with Crippen molar-refractivity contribution in [1.82, 2.24) is 4.98 Å². The van der Waals surface area contributed by atoms with Crippen LogP contribution < -0.4 is 9.80 Å². The molecule has 3 heterocycles. The molecule has 44 heavy (non-hydrogen) atoms. The molecule has 1 aromatic heterocycles. The van der Waals surface area contributed by atoms with Crippen LogP contribution in [0.1, 0.15) is 11.5 Å². The van der Waals surface area contributed by atoms with Gasteiger partial charge in [0.1, 0.15) is 0 Å². The molecule has 5 aromatic carbocycles. The Labute approximate surface area is 257 Å². The highest BCUT2D eigenvalue weighted by atomic mass is 15.2. The van der Waals surface area contributed by atoms with E-state index in [0.29, 0.717) is 5.92 Å². The molecule has 0 amide bonds. The van der Waals surface area contributed by atoms with Crippen molar-refractivity contribution >= 4 is 28.4 Å². The first kappa shape index (κ1) is 24.9. The average Bonchev–Trinajstić information content (AvgIpc) is 3.37. The fourth-order valence-corrected chi connectivity index (χ4v) is 7.26. The molecule has 208 valence electrons. The fraction of sp³-hybridized carbons (Fsp3) is 0.0488. The molecule has 0 fully saturated rings. The number of benzene rings is 5. The normalized spacial score (nSPS) is 17.3. The van der Waals surface area contributed by atoms with Gasteiger partial charge in [0.05, 0.1) is 23.1 Å². The molecular formula is C41H29N3. The van der Waals surface area contributed by atoms with Gasteiger partial charge in [-0.25, -0.2) is 0 Å². The predicted molar refractivity (Wildman–Crippen MR) is 182 cm³/mol. The van der Waals surface area contributed by atoms with Crippen molar-refractivity contribution in [3.63, 3.8) is 0 Å². The second kappa shape index (κ2) is 9.96. The van der Waals surface area contributed by atoms with Crippen molar-refractivity contribution in [3.8, 4) is 33.5 Å². The monoisotopic (exact) mass is 563 g/mol. The Kier molecular flexibility index (Phi) is 5.63. The number of para-hydroxylation sites is 3. The molecule has 0 spiro atoms. The van der Waals surface area contributed by atoms with Gasteiger partial charge in [-0.2, -0.15) is 0 Å². The van der Waals surface area contributed by atoms with Gasteiger partial charge in [-0.15, -0.1) is 0 Å². The van der Waals surface area contributed by atoms with E-state index in [4.69, 9.17) is 4.98 Å². The van der Waals surface area contributed by atoms with E-state index < -0.39 is 0 Å². The summed E-state index contributed by atoms with van der Waals surface area (Å²) >= 11 is 0. The second-order valence-corrected chi connectivity index (χ2v) is 11.6. The zero-order valence-corrected chi connectivity index (χ0v) is 24.1. The molecule has 2 atom stereocenters. The second-order valence-electron chi connectivity index (χ2n) is 11.6. The Morgan fingerprint density at radius 1 is 0.500 bits per heavy atom. The van der Waals surface area contributed by atoms with E-state index in [9.17, 15) is 0 Å². The smallest absolute Gasteiger partial charge is 0.0722 e. The number of anilines is 5. The maximum absolute atomic E-state index is 4.74. The predicted octanol–water partition coefficient (Wildman–Crippen LogP) is 10.6. The van der Waals surface area contributed by atoms with Gasteiger partial charge in [-0.05, 0) is 59.2 Å². The molecule has 3 aliphatic rings. The van der Waals surface area contributed by atoms with E-state index in [0.717, 1.165) is 28.3 Å². The number of nitrogens with zero attached hydrogens (tertiary/aromatic N) is 3. The highest BCUT2D eigenvalue weighted by molar-refractivity contribution is 6.03. The lowest BCUT2D eigenvalue weighted by atomic mass is 9.91. The van der Waals surface area contributed by atoms with Crippen LogP contribution in [0.4, 0.5) is 28.4 Å². The summed E-state index contributed by atoms with van der Waals surface area (Å²) in [5, 5.41) is 0. The Hall–Kier alpha value is -5.67. The van der Waals surface area contributed by atoms with E-state index in [-0.39, 0.29) is 6.04 Å². The van der Waals surface area contributed by atoms with Crippen LogP contribution >= 0.6 is 0 Å². The van der Waals surface area contributed by atoms with Crippen molar-refractivity contribution in [2.45, 2.75) is 12.0 Å². The number of pyridine rings is 1. The zero-order valence-electron chi connectivity index (χ0n) is 24.1. The van der Waals surface area contributed by atoms with Crippen LogP contribution in [-0.4, -0.2) is 11.0 Å². The summed E-state index contributed by atoms with van der Waals surface area (Å²) in [6.07, 6.45) is 11.0. The van der Waals surface area contributed by atoms with Crippen molar-refractivity contribution in [1.29, 1.82) is 0 Å². The topological polar surface area (TPSA) is 19.4 Å². The third-order valence-corrected chi connectivity index (χ3v) is 9.18.